The lowest BCUT2D eigenvalue weighted by molar-refractivity contribution is -0.0756. The zero-order valence-corrected chi connectivity index (χ0v) is 8.07. The summed E-state index contributed by atoms with van der Waals surface area (Å²) in [6.45, 7) is 0. The van der Waals surface area contributed by atoms with Crippen LogP contribution in [0.2, 0.25) is 0 Å². The van der Waals surface area contributed by atoms with Gasteiger partial charge in [0.05, 0.1) is 7.11 Å². The van der Waals surface area contributed by atoms with Crippen molar-refractivity contribution in [2.75, 3.05) is 14.2 Å². The van der Waals surface area contributed by atoms with Crippen molar-refractivity contribution < 1.29 is 9.63 Å². The van der Waals surface area contributed by atoms with Gasteiger partial charge in [-0.3, -0.25) is 9.63 Å². The third-order valence-electron chi connectivity index (χ3n) is 1.94. The Bertz CT molecular complexity index is 314. The Balaban J connectivity index is 2.95. The van der Waals surface area contributed by atoms with E-state index in [1.54, 1.807) is 13.1 Å². The Morgan fingerprint density at radius 1 is 1.46 bits per heavy atom. The lowest BCUT2D eigenvalue weighted by Crippen LogP contribution is -2.29. The molecule has 0 bridgehead atoms. The highest BCUT2D eigenvalue weighted by Gasteiger charge is 2.12. The Morgan fingerprint density at radius 3 is 2.62 bits per heavy atom. The first-order valence-electron chi connectivity index (χ1n) is 4.04. The molecular formula is C9H12BNO2. The topological polar surface area (TPSA) is 29.5 Å². The molecule has 1 rings (SSSR count). The summed E-state index contributed by atoms with van der Waals surface area (Å²) in [6, 6.07) is 7.42. The summed E-state index contributed by atoms with van der Waals surface area (Å²) < 4.78 is 0. The standard InChI is InChI=1S/C9H12BNO2/c1-11(13-2)9(12)7-5-3-4-6-8(7)10/h3-6H,10H2,1-2H3. The number of hydrogen-bond acceptors (Lipinski definition) is 2. The Hall–Kier alpha value is -1.29. The van der Waals surface area contributed by atoms with Crippen LogP contribution in [-0.2, 0) is 4.84 Å². The average Bonchev–Trinajstić information content (AvgIpc) is 2.16. The molecule has 0 atom stereocenters. The molecule has 13 heavy (non-hydrogen) atoms. The number of rotatable bonds is 2. The summed E-state index contributed by atoms with van der Waals surface area (Å²) in [6.07, 6.45) is 0. The summed E-state index contributed by atoms with van der Waals surface area (Å²) >= 11 is 0. The first-order valence-corrected chi connectivity index (χ1v) is 4.04. The number of amides is 1. The molecule has 1 amide bonds. The van der Waals surface area contributed by atoms with Crippen molar-refractivity contribution >= 4 is 19.2 Å². The maximum Gasteiger partial charge on any atom is 0.276 e. The highest BCUT2D eigenvalue weighted by molar-refractivity contribution is 6.36. The van der Waals surface area contributed by atoms with Crippen LogP contribution in [0.3, 0.4) is 0 Å². The van der Waals surface area contributed by atoms with Crippen LogP contribution in [0.5, 0.6) is 0 Å². The van der Waals surface area contributed by atoms with E-state index < -0.39 is 0 Å². The molecule has 0 fully saturated rings. The molecule has 3 nitrogen and oxygen atoms in total. The summed E-state index contributed by atoms with van der Waals surface area (Å²) in [7, 11) is 4.96. The molecule has 0 aliphatic rings. The molecule has 1 aromatic rings. The van der Waals surface area contributed by atoms with Crippen LogP contribution in [0.15, 0.2) is 24.3 Å². The molecule has 0 heterocycles. The van der Waals surface area contributed by atoms with Crippen molar-refractivity contribution in [3.8, 4) is 0 Å². The molecule has 0 N–H and O–H groups in total. The van der Waals surface area contributed by atoms with E-state index in [1.165, 1.54) is 12.2 Å². The summed E-state index contributed by atoms with van der Waals surface area (Å²) in [4.78, 5) is 16.4. The van der Waals surface area contributed by atoms with E-state index in [-0.39, 0.29) is 5.91 Å². The third-order valence-corrected chi connectivity index (χ3v) is 1.94. The maximum atomic E-state index is 11.6. The van der Waals surface area contributed by atoms with Gasteiger partial charge < -0.3 is 0 Å². The predicted octanol–water partition coefficient (Wildman–Crippen LogP) is -0.422. The summed E-state index contributed by atoms with van der Waals surface area (Å²) in [5.74, 6) is -0.124. The highest BCUT2D eigenvalue weighted by Crippen LogP contribution is 1.99. The predicted molar refractivity (Wildman–Crippen MR) is 53.7 cm³/mol. The smallest absolute Gasteiger partial charge is 0.274 e. The van der Waals surface area contributed by atoms with Gasteiger partial charge in [0.2, 0.25) is 0 Å². The molecule has 68 valence electrons. The van der Waals surface area contributed by atoms with Crippen molar-refractivity contribution in [2.24, 2.45) is 0 Å². The van der Waals surface area contributed by atoms with Gasteiger partial charge in [-0.25, -0.2) is 5.06 Å². The molecular weight excluding hydrogens is 165 g/mol. The van der Waals surface area contributed by atoms with Crippen molar-refractivity contribution in [3.05, 3.63) is 29.8 Å². The normalized spacial score (nSPS) is 9.69. The largest absolute Gasteiger partial charge is 0.276 e. The fraction of sp³-hybridized carbons (Fsp3) is 0.222. The van der Waals surface area contributed by atoms with Crippen molar-refractivity contribution in [2.45, 2.75) is 0 Å². The molecule has 0 spiro atoms. The quantitative estimate of drug-likeness (QED) is 0.453. The number of carbonyl (C=O) groups excluding carboxylic acids is 1. The molecule has 1 aromatic carbocycles. The molecule has 0 saturated carbocycles. The van der Waals surface area contributed by atoms with Gasteiger partial charge in [0.15, 0.2) is 0 Å². The number of hydrogen-bond donors (Lipinski definition) is 0. The minimum atomic E-state index is -0.124. The second-order valence-electron chi connectivity index (χ2n) is 2.80. The molecule has 0 aromatic heterocycles. The first-order chi connectivity index (χ1) is 6.16. The van der Waals surface area contributed by atoms with E-state index in [9.17, 15) is 4.79 Å². The lowest BCUT2D eigenvalue weighted by atomic mass is 9.90. The van der Waals surface area contributed by atoms with E-state index in [4.69, 9.17) is 4.84 Å². The third kappa shape index (κ3) is 2.09. The zero-order valence-electron chi connectivity index (χ0n) is 8.07. The van der Waals surface area contributed by atoms with Gasteiger partial charge in [0.1, 0.15) is 7.85 Å². The van der Waals surface area contributed by atoms with Crippen LogP contribution in [0.4, 0.5) is 0 Å². The Labute approximate surface area is 78.7 Å². The molecule has 0 saturated heterocycles. The molecule has 0 aliphatic carbocycles. The van der Waals surface area contributed by atoms with Crippen LogP contribution in [0.1, 0.15) is 10.4 Å². The van der Waals surface area contributed by atoms with Gasteiger partial charge >= 0.3 is 0 Å². The van der Waals surface area contributed by atoms with Crippen LogP contribution >= 0.6 is 0 Å². The Morgan fingerprint density at radius 2 is 2.08 bits per heavy atom. The highest BCUT2D eigenvalue weighted by atomic mass is 16.7. The first kappa shape index (κ1) is 9.80. The van der Waals surface area contributed by atoms with E-state index in [0.29, 0.717) is 5.56 Å². The number of benzene rings is 1. The van der Waals surface area contributed by atoms with Gasteiger partial charge in [-0.1, -0.05) is 23.7 Å². The van der Waals surface area contributed by atoms with Gasteiger partial charge in [0, 0.05) is 12.6 Å². The lowest BCUT2D eigenvalue weighted by Gasteiger charge is -2.14. The summed E-state index contributed by atoms with van der Waals surface area (Å²) in [5, 5.41) is 1.21. The van der Waals surface area contributed by atoms with Gasteiger partial charge in [-0.15, -0.1) is 0 Å². The second-order valence-corrected chi connectivity index (χ2v) is 2.80. The monoisotopic (exact) mass is 177 g/mol. The summed E-state index contributed by atoms with van der Waals surface area (Å²) in [5.41, 5.74) is 1.63. The van der Waals surface area contributed by atoms with E-state index in [1.807, 2.05) is 26.0 Å². The van der Waals surface area contributed by atoms with Crippen LogP contribution in [0.25, 0.3) is 0 Å². The van der Waals surface area contributed by atoms with Crippen molar-refractivity contribution in [1.29, 1.82) is 0 Å². The molecule has 0 radical (unpaired) electrons. The minimum absolute atomic E-state index is 0.124. The second kappa shape index (κ2) is 4.09. The van der Waals surface area contributed by atoms with E-state index in [0.717, 1.165) is 5.46 Å². The van der Waals surface area contributed by atoms with Gasteiger partial charge in [-0.2, -0.15) is 0 Å². The van der Waals surface area contributed by atoms with Crippen LogP contribution < -0.4 is 5.46 Å². The Kier molecular flexibility index (Phi) is 3.09. The van der Waals surface area contributed by atoms with E-state index in [2.05, 4.69) is 0 Å². The van der Waals surface area contributed by atoms with Crippen molar-refractivity contribution in [1.82, 2.24) is 5.06 Å². The molecule has 0 unspecified atom stereocenters. The minimum Gasteiger partial charge on any atom is -0.274 e. The maximum absolute atomic E-state index is 11.6. The molecule has 0 aliphatic heterocycles. The van der Waals surface area contributed by atoms with Crippen LogP contribution in [-0.4, -0.2) is 33.0 Å². The van der Waals surface area contributed by atoms with Gasteiger partial charge in [0.25, 0.3) is 5.91 Å². The zero-order chi connectivity index (χ0) is 9.84. The SMILES string of the molecule is Bc1ccccc1C(=O)N(C)OC. The number of hydroxylamine groups is 2. The average molecular weight is 177 g/mol. The fourth-order valence-electron chi connectivity index (χ4n) is 1.07. The van der Waals surface area contributed by atoms with Crippen molar-refractivity contribution in [3.63, 3.8) is 0 Å². The fourth-order valence-corrected chi connectivity index (χ4v) is 1.07. The van der Waals surface area contributed by atoms with E-state index >= 15 is 0 Å². The number of carbonyl (C=O) groups is 1. The van der Waals surface area contributed by atoms with Gasteiger partial charge in [-0.05, 0) is 6.07 Å². The van der Waals surface area contributed by atoms with Crippen LogP contribution in [0, 0.1) is 0 Å². The molecule has 4 heteroatoms. The number of nitrogens with zero attached hydrogens (tertiary/aromatic N) is 1.